The molecule has 0 spiro atoms. The summed E-state index contributed by atoms with van der Waals surface area (Å²) in [6, 6.07) is 3.79. The third-order valence-electron chi connectivity index (χ3n) is 3.92. The molecular formula is C15H21Cl2N5O. The molecule has 0 aromatic carbocycles. The zero-order chi connectivity index (χ0) is 14.7. The van der Waals surface area contributed by atoms with Gasteiger partial charge in [-0.05, 0) is 31.4 Å². The van der Waals surface area contributed by atoms with Gasteiger partial charge in [0.15, 0.2) is 0 Å². The lowest BCUT2D eigenvalue weighted by Crippen LogP contribution is -2.47. The van der Waals surface area contributed by atoms with Crippen molar-refractivity contribution in [2.24, 2.45) is 5.73 Å². The Bertz CT molecular complexity index is 603. The average molecular weight is 358 g/mol. The Hall–Kier alpha value is -1.63. The summed E-state index contributed by atoms with van der Waals surface area (Å²) in [6.45, 7) is 1.30. The Morgan fingerprint density at radius 3 is 2.74 bits per heavy atom. The van der Waals surface area contributed by atoms with Crippen LogP contribution in [0.15, 0.2) is 37.1 Å². The SMILES string of the molecule is Cl.Cl.NCC1CCCCN1C(=O)c1ccc(-n2ccnc2)nc1. The van der Waals surface area contributed by atoms with E-state index in [1.165, 1.54) is 0 Å². The van der Waals surface area contributed by atoms with E-state index in [1.807, 2.05) is 23.2 Å². The van der Waals surface area contributed by atoms with Gasteiger partial charge in [0.05, 0.1) is 5.56 Å². The number of hydrogen-bond donors (Lipinski definition) is 1. The zero-order valence-electron chi connectivity index (χ0n) is 12.7. The van der Waals surface area contributed by atoms with Crippen LogP contribution in [0.2, 0.25) is 0 Å². The molecule has 126 valence electrons. The van der Waals surface area contributed by atoms with Gasteiger partial charge in [-0.1, -0.05) is 0 Å². The molecule has 1 fully saturated rings. The fraction of sp³-hybridized carbons (Fsp3) is 0.400. The highest BCUT2D eigenvalue weighted by molar-refractivity contribution is 5.94. The summed E-state index contributed by atoms with van der Waals surface area (Å²) in [5, 5.41) is 0. The Kier molecular flexibility index (Phi) is 7.48. The van der Waals surface area contributed by atoms with Gasteiger partial charge in [0, 0.05) is 37.7 Å². The molecule has 6 nitrogen and oxygen atoms in total. The van der Waals surface area contributed by atoms with Gasteiger partial charge < -0.3 is 10.6 Å². The van der Waals surface area contributed by atoms with Crippen molar-refractivity contribution < 1.29 is 4.79 Å². The van der Waals surface area contributed by atoms with Gasteiger partial charge in [0.25, 0.3) is 5.91 Å². The highest BCUT2D eigenvalue weighted by Crippen LogP contribution is 2.19. The van der Waals surface area contributed by atoms with E-state index in [2.05, 4.69) is 9.97 Å². The molecule has 0 aliphatic carbocycles. The number of nitrogens with zero attached hydrogens (tertiary/aromatic N) is 4. The van der Waals surface area contributed by atoms with Crippen LogP contribution < -0.4 is 5.73 Å². The molecule has 8 heteroatoms. The molecule has 1 aliphatic rings. The lowest BCUT2D eigenvalue weighted by molar-refractivity contribution is 0.0623. The monoisotopic (exact) mass is 357 g/mol. The fourth-order valence-electron chi connectivity index (χ4n) is 2.74. The average Bonchev–Trinajstić information content (AvgIpc) is 3.09. The van der Waals surface area contributed by atoms with Gasteiger partial charge in [-0.3, -0.25) is 9.36 Å². The number of amides is 1. The molecule has 2 aromatic rings. The number of rotatable bonds is 3. The maximum absolute atomic E-state index is 12.6. The van der Waals surface area contributed by atoms with Gasteiger partial charge in [-0.25, -0.2) is 9.97 Å². The second kappa shape index (κ2) is 8.86. The number of carbonyl (C=O) groups is 1. The largest absolute Gasteiger partial charge is 0.334 e. The molecule has 1 saturated heterocycles. The maximum atomic E-state index is 12.6. The van der Waals surface area contributed by atoms with E-state index in [-0.39, 0.29) is 36.8 Å². The van der Waals surface area contributed by atoms with E-state index in [0.29, 0.717) is 12.1 Å². The number of hydrogen-bond acceptors (Lipinski definition) is 4. The maximum Gasteiger partial charge on any atom is 0.255 e. The summed E-state index contributed by atoms with van der Waals surface area (Å²) in [6.07, 6.45) is 9.99. The normalized spacial score (nSPS) is 17.1. The van der Waals surface area contributed by atoms with Crippen LogP contribution in [0, 0.1) is 0 Å². The summed E-state index contributed by atoms with van der Waals surface area (Å²) in [5.41, 5.74) is 6.39. The summed E-state index contributed by atoms with van der Waals surface area (Å²) < 4.78 is 1.80. The Labute approximate surface area is 147 Å². The number of halogens is 2. The van der Waals surface area contributed by atoms with Crippen molar-refractivity contribution >= 4 is 30.7 Å². The van der Waals surface area contributed by atoms with Crippen molar-refractivity contribution in [1.29, 1.82) is 0 Å². The first-order chi connectivity index (χ1) is 10.3. The number of nitrogens with two attached hydrogens (primary N) is 1. The first kappa shape index (κ1) is 19.4. The third-order valence-corrected chi connectivity index (χ3v) is 3.92. The van der Waals surface area contributed by atoms with Gasteiger partial charge in [-0.2, -0.15) is 0 Å². The molecule has 3 heterocycles. The fourth-order valence-corrected chi connectivity index (χ4v) is 2.74. The van der Waals surface area contributed by atoms with E-state index < -0.39 is 0 Å². The van der Waals surface area contributed by atoms with Crippen molar-refractivity contribution in [3.8, 4) is 5.82 Å². The second-order valence-electron chi connectivity index (χ2n) is 5.26. The lowest BCUT2D eigenvalue weighted by Gasteiger charge is -2.35. The topological polar surface area (TPSA) is 77.0 Å². The van der Waals surface area contributed by atoms with Crippen molar-refractivity contribution in [2.75, 3.05) is 13.1 Å². The third kappa shape index (κ3) is 4.22. The Balaban J connectivity index is 0.00000132. The number of likely N-dealkylation sites (tertiary alicyclic amines) is 1. The molecule has 2 aromatic heterocycles. The smallest absolute Gasteiger partial charge is 0.255 e. The van der Waals surface area contributed by atoms with Gasteiger partial charge in [0.2, 0.25) is 0 Å². The molecule has 3 rings (SSSR count). The summed E-state index contributed by atoms with van der Waals surface area (Å²) >= 11 is 0. The molecule has 1 unspecified atom stereocenters. The van der Waals surface area contributed by atoms with Crippen LogP contribution in [-0.2, 0) is 0 Å². The van der Waals surface area contributed by atoms with Crippen molar-refractivity contribution in [3.05, 3.63) is 42.6 Å². The van der Waals surface area contributed by atoms with Crippen LogP contribution in [0.1, 0.15) is 29.6 Å². The van der Waals surface area contributed by atoms with Crippen molar-refractivity contribution in [2.45, 2.75) is 25.3 Å². The summed E-state index contributed by atoms with van der Waals surface area (Å²) in [4.78, 5) is 22.8. The van der Waals surface area contributed by atoms with E-state index >= 15 is 0 Å². The standard InChI is InChI=1S/C15H19N5O.2ClH/c16-9-13-3-1-2-7-20(13)15(21)12-4-5-14(18-10-12)19-8-6-17-11-19;;/h4-6,8,10-11,13H,1-3,7,9,16H2;2*1H. The van der Waals surface area contributed by atoms with Crippen LogP contribution in [0.25, 0.3) is 5.82 Å². The van der Waals surface area contributed by atoms with Crippen LogP contribution in [0.5, 0.6) is 0 Å². The minimum atomic E-state index is 0. The van der Waals surface area contributed by atoms with E-state index in [9.17, 15) is 4.79 Å². The second-order valence-corrected chi connectivity index (χ2v) is 5.26. The number of carbonyl (C=O) groups excluding carboxylic acids is 1. The van der Waals surface area contributed by atoms with Crippen LogP contribution in [-0.4, -0.2) is 44.5 Å². The number of piperidine rings is 1. The first-order valence-corrected chi connectivity index (χ1v) is 7.25. The summed E-state index contributed by atoms with van der Waals surface area (Å²) in [5.74, 6) is 0.771. The molecule has 1 amide bonds. The van der Waals surface area contributed by atoms with Crippen LogP contribution in [0.4, 0.5) is 0 Å². The van der Waals surface area contributed by atoms with Crippen molar-refractivity contribution in [1.82, 2.24) is 19.4 Å². The highest BCUT2D eigenvalue weighted by Gasteiger charge is 2.26. The predicted octanol–water partition coefficient (Wildman–Crippen LogP) is 2.06. The summed E-state index contributed by atoms with van der Waals surface area (Å²) in [7, 11) is 0. The number of imidazole rings is 1. The van der Waals surface area contributed by atoms with Crippen LogP contribution in [0.3, 0.4) is 0 Å². The van der Waals surface area contributed by atoms with Gasteiger partial charge in [0.1, 0.15) is 12.1 Å². The molecular weight excluding hydrogens is 337 g/mol. The van der Waals surface area contributed by atoms with E-state index in [1.54, 1.807) is 23.3 Å². The minimum Gasteiger partial charge on any atom is -0.334 e. The first-order valence-electron chi connectivity index (χ1n) is 7.25. The molecule has 0 radical (unpaired) electrons. The highest BCUT2D eigenvalue weighted by atomic mass is 35.5. The van der Waals surface area contributed by atoms with Crippen molar-refractivity contribution in [3.63, 3.8) is 0 Å². The Morgan fingerprint density at radius 1 is 1.30 bits per heavy atom. The number of aromatic nitrogens is 3. The lowest BCUT2D eigenvalue weighted by atomic mass is 10.0. The number of pyridine rings is 1. The quantitative estimate of drug-likeness (QED) is 0.911. The minimum absolute atomic E-state index is 0. The van der Waals surface area contributed by atoms with Crippen LogP contribution >= 0.6 is 24.8 Å². The Morgan fingerprint density at radius 2 is 2.13 bits per heavy atom. The molecule has 1 atom stereocenters. The molecule has 2 N–H and O–H groups in total. The molecule has 0 bridgehead atoms. The zero-order valence-corrected chi connectivity index (χ0v) is 14.3. The molecule has 23 heavy (non-hydrogen) atoms. The van der Waals surface area contributed by atoms with E-state index in [0.717, 1.165) is 31.6 Å². The predicted molar refractivity (Wildman–Crippen MR) is 93.6 cm³/mol. The molecule has 1 aliphatic heterocycles. The van der Waals surface area contributed by atoms with E-state index in [4.69, 9.17) is 5.73 Å². The van der Waals surface area contributed by atoms with Gasteiger partial charge >= 0.3 is 0 Å². The molecule has 0 saturated carbocycles. The van der Waals surface area contributed by atoms with Gasteiger partial charge in [-0.15, -0.1) is 24.8 Å².